The zero-order chi connectivity index (χ0) is 13.1. The molecule has 1 aromatic rings. The molecule has 1 aliphatic carbocycles. The predicted molar refractivity (Wildman–Crippen MR) is 66.3 cm³/mol. The Bertz CT molecular complexity index is 449. The van der Waals surface area contributed by atoms with Crippen molar-refractivity contribution in [1.82, 2.24) is 9.47 Å². The smallest absolute Gasteiger partial charge is 0.307 e. The second kappa shape index (κ2) is 5.25. The Hall–Kier alpha value is -1.78. The van der Waals surface area contributed by atoms with Gasteiger partial charge in [-0.05, 0) is 25.0 Å². The molecule has 1 aromatic heterocycles. The summed E-state index contributed by atoms with van der Waals surface area (Å²) in [5, 5.41) is 0. The minimum atomic E-state index is -0.299. The van der Waals surface area contributed by atoms with Crippen molar-refractivity contribution < 1.29 is 14.3 Å². The van der Waals surface area contributed by atoms with Crippen molar-refractivity contribution in [1.29, 1.82) is 0 Å². The fraction of sp³-hybridized carbons (Fsp3) is 0.538. The summed E-state index contributed by atoms with van der Waals surface area (Å²) in [6.07, 6.45) is 4.45. The molecule has 5 nitrogen and oxygen atoms in total. The number of methoxy groups -OCH3 is 1. The maximum atomic E-state index is 12.2. The van der Waals surface area contributed by atoms with E-state index >= 15 is 0 Å². The molecule has 1 amide bonds. The molecule has 1 aliphatic rings. The molecule has 1 saturated carbocycles. The monoisotopic (exact) mass is 250 g/mol. The molecule has 0 aromatic carbocycles. The van der Waals surface area contributed by atoms with Gasteiger partial charge in [0.2, 0.25) is 0 Å². The molecule has 0 saturated heterocycles. The second-order valence-corrected chi connectivity index (χ2v) is 4.58. The summed E-state index contributed by atoms with van der Waals surface area (Å²) in [6.45, 7) is 0.376. The van der Waals surface area contributed by atoms with Crippen LogP contribution in [0.3, 0.4) is 0 Å². The van der Waals surface area contributed by atoms with E-state index in [2.05, 4.69) is 4.74 Å². The van der Waals surface area contributed by atoms with Crippen LogP contribution in [0.1, 0.15) is 35.8 Å². The van der Waals surface area contributed by atoms with Crippen molar-refractivity contribution in [3.05, 3.63) is 24.0 Å². The van der Waals surface area contributed by atoms with E-state index in [1.807, 2.05) is 22.9 Å². The van der Waals surface area contributed by atoms with E-state index in [0.29, 0.717) is 18.3 Å². The second-order valence-electron chi connectivity index (χ2n) is 4.58. The highest BCUT2D eigenvalue weighted by Crippen LogP contribution is 2.36. The number of carbonyl (C=O) groups is 2. The topological polar surface area (TPSA) is 51.5 Å². The summed E-state index contributed by atoms with van der Waals surface area (Å²) in [4.78, 5) is 24.8. The summed E-state index contributed by atoms with van der Waals surface area (Å²) < 4.78 is 6.59. The highest BCUT2D eigenvalue weighted by Gasteiger charge is 2.27. The number of carbonyl (C=O) groups excluding carboxylic acids is 2. The molecule has 2 rings (SSSR count). The predicted octanol–water partition coefficient (Wildman–Crippen LogP) is 1.46. The van der Waals surface area contributed by atoms with Crippen LogP contribution in [0.2, 0.25) is 0 Å². The lowest BCUT2D eigenvalue weighted by molar-refractivity contribution is -0.140. The van der Waals surface area contributed by atoms with Crippen LogP contribution in [0.25, 0.3) is 0 Å². The minimum Gasteiger partial charge on any atom is -0.469 e. The van der Waals surface area contributed by atoms with E-state index in [9.17, 15) is 9.59 Å². The van der Waals surface area contributed by atoms with Crippen LogP contribution < -0.4 is 0 Å². The zero-order valence-corrected chi connectivity index (χ0v) is 10.8. The van der Waals surface area contributed by atoms with E-state index < -0.39 is 0 Å². The first-order valence-corrected chi connectivity index (χ1v) is 6.12. The van der Waals surface area contributed by atoms with Crippen molar-refractivity contribution in [2.45, 2.75) is 25.3 Å². The molecule has 0 N–H and O–H groups in total. The third-order valence-corrected chi connectivity index (χ3v) is 3.16. The van der Waals surface area contributed by atoms with Crippen molar-refractivity contribution in [2.75, 3.05) is 20.7 Å². The third-order valence-electron chi connectivity index (χ3n) is 3.16. The van der Waals surface area contributed by atoms with Gasteiger partial charge in [0, 0.05) is 25.8 Å². The first kappa shape index (κ1) is 12.7. The Labute approximate surface area is 106 Å². The van der Waals surface area contributed by atoms with Gasteiger partial charge in [0.1, 0.15) is 5.69 Å². The average molecular weight is 250 g/mol. The largest absolute Gasteiger partial charge is 0.469 e. The zero-order valence-electron chi connectivity index (χ0n) is 10.8. The minimum absolute atomic E-state index is 0.0456. The van der Waals surface area contributed by atoms with Crippen LogP contribution in [-0.2, 0) is 9.53 Å². The van der Waals surface area contributed by atoms with Crippen LogP contribution >= 0.6 is 0 Å². The molecular weight excluding hydrogens is 232 g/mol. The van der Waals surface area contributed by atoms with Gasteiger partial charge < -0.3 is 14.2 Å². The average Bonchev–Trinajstić information content (AvgIpc) is 3.12. The lowest BCUT2D eigenvalue weighted by Gasteiger charge is -2.17. The number of esters is 1. The van der Waals surface area contributed by atoms with Crippen LogP contribution in [0, 0.1) is 0 Å². The Balaban J connectivity index is 1.97. The van der Waals surface area contributed by atoms with Crippen molar-refractivity contribution in [2.24, 2.45) is 0 Å². The SMILES string of the molecule is COC(=O)CCN(C)C(=O)c1cccn1C1CC1. The summed E-state index contributed by atoms with van der Waals surface area (Å²) >= 11 is 0. The van der Waals surface area contributed by atoms with E-state index in [0.717, 1.165) is 12.8 Å². The maximum absolute atomic E-state index is 12.2. The molecule has 0 spiro atoms. The quantitative estimate of drug-likeness (QED) is 0.743. The molecule has 0 bridgehead atoms. The van der Waals surface area contributed by atoms with Gasteiger partial charge in [0.25, 0.3) is 5.91 Å². The summed E-state index contributed by atoms with van der Waals surface area (Å²) in [6, 6.07) is 4.20. The first-order chi connectivity index (χ1) is 8.63. The normalized spacial score (nSPS) is 14.3. The number of aromatic nitrogens is 1. The summed E-state index contributed by atoms with van der Waals surface area (Å²) in [5.74, 6) is -0.344. The van der Waals surface area contributed by atoms with Gasteiger partial charge in [0.05, 0.1) is 13.5 Å². The van der Waals surface area contributed by atoms with Gasteiger partial charge in [-0.25, -0.2) is 0 Å². The Kier molecular flexibility index (Phi) is 3.69. The molecule has 0 atom stereocenters. The van der Waals surface area contributed by atoms with E-state index in [-0.39, 0.29) is 18.3 Å². The Morgan fingerprint density at radius 1 is 1.50 bits per heavy atom. The van der Waals surface area contributed by atoms with E-state index in [1.54, 1.807) is 11.9 Å². The highest BCUT2D eigenvalue weighted by atomic mass is 16.5. The molecule has 98 valence electrons. The van der Waals surface area contributed by atoms with Crippen molar-refractivity contribution >= 4 is 11.9 Å². The first-order valence-electron chi connectivity index (χ1n) is 6.12. The van der Waals surface area contributed by atoms with Gasteiger partial charge in [-0.2, -0.15) is 0 Å². The van der Waals surface area contributed by atoms with Crippen molar-refractivity contribution in [3.63, 3.8) is 0 Å². The summed E-state index contributed by atoms with van der Waals surface area (Å²) in [7, 11) is 3.05. The van der Waals surface area contributed by atoms with Gasteiger partial charge >= 0.3 is 5.97 Å². The molecule has 1 heterocycles. The fourth-order valence-electron chi connectivity index (χ4n) is 1.90. The molecular formula is C13H18N2O3. The molecule has 5 heteroatoms. The van der Waals surface area contributed by atoms with Gasteiger partial charge in [-0.15, -0.1) is 0 Å². The number of rotatable bonds is 5. The number of hydrogen-bond acceptors (Lipinski definition) is 3. The molecule has 0 unspecified atom stereocenters. The Morgan fingerprint density at radius 2 is 2.22 bits per heavy atom. The van der Waals surface area contributed by atoms with Crippen molar-refractivity contribution in [3.8, 4) is 0 Å². The van der Waals surface area contributed by atoms with Gasteiger partial charge in [0.15, 0.2) is 0 Å². The maximum Gasteiger partial charge on any atom is 0.307 e. The number of nitrogens with zero attached hydrogens (tertiary/aromatic N) is 2. The van der Waals surface area contributed by atoms with Gasteiger partial charge in [-0.1, -0.05) is 0 Å². The lowest BCUT2D eigenvalue weighted by atomic mass is 10.3. The van der Waals surface area contributed by atoms with Crippen LogP contribution in [0.5, 0.6) is 0 Å². The standard InChI is InChI=1S/C13H18N2O3/c1-14(9-7-12(16)18-2)13(17)11-4-3-8-15(11)10-5-6-10/h3-4,8,10H,5-7,9H2,1-2H3. The molecule has 0 aliphatic heterocycles. The van der Waals surface area contributed by atoms with Crippen LogP contribution in [0.15, 0.2) is 18.3 Å². The van der Waals surface area contributed by atoms with E-state index in [1.165, 1.54) is 7.11 Å². The number of amides is 1. The highest BCUT2D eigenvalue weighted by molar-refractivity contribution is 5.92. The van der Waals surface area contributed by atoms with Crippen LogP contribution in [-0.4, -0.2) is 42.0 Å². The van der Waals surface area contributed by atoms with E-state index in [4.69, 9.17) is 0 Å². The Morgan fingerprint density at radius 3 is 2.83 bits per heavy atom. The number of ether oxygens (including phenoxy) is 1. The molecule has 0 radical (unpaired) electrons. The lowest BCUT2D eigenvalue weighted by Crippen LogP contribution is -2.30. The molecule has 18 heavy (non-hydrogen) atoms. The van der Waals surface area contributed by atoms with Gasteiger partial charge in [-0.3, -0.25) is 9.59 Å². The fourth-order valence-corrected chi connectivity index (χ4v) is 1.90. The number of hydrogen-bond donors (Lipinski definition) is 0. The third kappa shape index (κ3) is 2.72. The molecule has 1 fully saturated rings. The summed E-state index contributed by atoms with van der Waals surface area (Å²) in [5.41, 5.74) is 0.699. The van der Waals surface area contributed by atoms with Crippen LogP contribution in [0.4, 0.5) is 0 Å².